The van der Waals surface area contributed by atoms with Crippen molar-refractivity contribution >= 4 is 17.7 Å². The summed E-state index contributed by atoms with van der Waals surface area (Å²) in [7, 11) is 1.65. The summed E-state index contributed by atoms with van der Waals surface area (Å²) in [4.78, 5) is 14.6. The number of amides is 1. The lowest BCUT2D eigenvalue weighted by atomic mass is 10.1. The van der Waals surface area contributed by atoms with E-state index in [1.165, 1.54) is 6.07 Å². The van der Waals surface area contributed by atoms with Crippen molar-refractivity contribution < 1.29 is 13.9 Å². The maximum absolute atomic E-state index is 14.0. The molecule has 1 amide bonds. The molecule has 1 atom stereocenters. The molecule has 0 saturated carbocycles. The Kier molecular flexibility index (Phi) is 6.20. The SMILES string of the molecule is COc1ccc(CC(=O)N2CCSC(c3ccccc3F)CC2)cc1C. The van der Waals surface area contributed by atoms with Gasteiger partial charge in [-0.2, -0.15) is 11.8 Å². The van der Waals surface area contributed by atoms with Gasteiger partial charge in [-0.15, -0.1) is 0 Å². The number of rotatable bonds is 4. The van der Waals surface area contributed by atoms with Gasteiger partial charge in [0, 0.05) is 29.7 Å². The van der Waals surface area contributed by atoms with Crippen LogP contribution in [0.3, 0.4) is 0 Å². The van der Waals surface area contributed by atoms with Crippen molar-refractivity contribution in [3.05, 3.63) is 65.0 Å². The third-order valence-electron chi connectivity index (χ3n) is 4.76. The van der Waals surface area contributed by atoms with E-state index in [1.54, 1.807) is 24.9 Å². The number of nitrogens with zero attached hydrogens (tertiary/aromatic N) is 1. The highest BCUT2D eigenvalue weighted by Gasteiger charge is 2.23. The monoisotopic (exact) mass is 373 g/mol. The maximum atomic E-state index is 14.0. The quantitative estimate of drug-likeness (QED) is 0.796. The number of aryl methyl sites for hydroxylation is 1. The number of halogens is 1. The molecule has 0 radical (unpaired) electrons. The Morgan fingerprint density at radius 1 is 1.27 bits per heavy atom. The third kappa shape index (κ3) is 4.39. The van der Waals surface area contributed by atoms with Crippen LogP contribution in [0, 0.1) is 12.7 Å². The molecule has 138 valence electrons. The van der Waals surface area contributed by atoms with Crippen molar-refractivity contribution in [1.82, 2.24) is 4.90 Å². The van der Waals surface area contributed by atoms with Crippen LogP contribution in [0.15, 0.2) is 42.5 Å². The van der Waals surface area contributed by atoms with Gasteiger partial charge in [0.15, 0.2) is 0 Å². The van der Waals surface area contributed by atoms with E-state index in [2.05, 4.69) is 0 Å². The molecule has 5 heteroatoms. The lowest BCUT2D eigenvalue weighted by molar-refractivity contribution is -0.130. The molecule has 0 aromatic heterocycles. The lowest BCUT2D eigenvalue weighted by Crippen LogP contribution is -2.34. The second kappa shape index (κ2) is 8.58. The molecule has 0 aliphatic carbocycles. The van der Waals surface area contributed by atoms with Gasteiger partial charge in [-0.3, -0.25) is 4.79 Å². The highest BCUT2D eigenvalue weighted by molar-refractivity contribution is 7.99. The molecular weight excluding hydrogens is 349 g/mol. The number of ether oxygens (including phenoxy) is 1. The predicted molar refractivity (Wildman–Crippen MR) is 104 cm³/mol. The average Bonchev–Trinajstić information content (AvgIpc) is 2.88. The van der Waals surface area contributed by atoms with E-state index in [-0.39, 0.29) is 17.0 Å². The molecule has 2 aromatic carbocycles. The summed E-state index contributed by atoms with van der Waals surface area (Å²) in [5, 5.41) is 0.109. The summed E-state index contributed by atoms with van der Waals surface area (Å²) >= 11 is 1.74. The highest BCUT2D eigenvalue weighted by Crippen LogP contribution is 2.35. The number of benzene rings is 2. The van der Waals surface area contributed by atoms with Gasteiger partial charge >= 0.3 is 0 Å². The van der Waals surface area contributed by atoms with Crippen LogP contribution in [0.25, 0.3) is 0 Å². The number of carbonyl (C=O) groups is 1. The number of hydrogen-bond acceptors (Lipinski definition) is 3. The van der Waals surface area contributed by atoms with E-state index < -0.39 is 0 Å². The highest BCUT2D eigenvalue weighted by atomic mass is 32.2. The van der Waals surface area contributed by atoms with Crippen molar-refractivity contribution in [2.24, 2.45) is 0 Å². The standard InChI is InChI=1S/C21H24FNO2S/c1-15-13-16(7-8-19(15)25-2)14-21(24)23-10-9-20(26-12-11-23)17-5-3-4-6-18(17)22/h3-8,13,20H,9-12,14H2,1-2H3. The summed E-state index contributed by atoms with van der Waals surface area (Å²) < 4.78 is 19.3. The maximum Gasteiger partial charge on any atom is 0.227 e. The summed E-state index contributed by atoms with van der Waals surface area (Å²) in [5.74, 6) is 1.63. The Morgan fingerprint density at radius 2 is 2.08 bits per heavy atom. The first-order valence-corrected chi connectivity index (χ1v) is 9.90. The number of carbonyl (C=O) groups excluding carboxylic acids is 1. The Labute approximate surface area is 158 Å². The largest absolute Gasteiger partial charge is 0.496 e. The van der Waals surface area contributed by atoms with Gasteiger partial charge in [0.1, 0.15) is 11.6 Å². The molecule has 1 unspecified atom stereocenters. The van der Waals surface area contributed by atoms with Crippen molar-refractivity contribution in [2.75, 3.05) is 26.0 Å². The first-order valence-electron chi connectivity index (χ1n) is 8.86. The van der Waals surface area contributed by atoms with Gasteiger partial charge in [-0.1, -0.05) is 30.3 Å². The molecule has 2 aromatic rings. The smallest absolute Gasteiger partial charge is 0.227 e. The number of hydrogen-bond donors (Lipinski definition) is 0. The van der Waals surface area contributed by atoms with E-state index in [4.69, 9.17) is 4.74 Å². The molecule has 1 aliphatic rings. The van der Waals surface area contributed by atoms with Gasteiger partial charge in [0.25, 0.3) is 0 Å². The van der Waals surface area contributed by atoms with Gasteiger partial charge in [0.05, 0.1) is 13.5 Å². The summed E-state index contributed by atoms with van der Waals surface area (Å²) in [6, 6.07) is 12.8. The van der Waals surface area contributed by atoms with Crippen LogP contribution in [0.2, 0.25) is 0 Å². The van der Waals surface area contributed by atoms with E-state index in [9.17, 15) is 9.18 Å². The molecule has 1 fully saturated rings. The normalized spacial score (nSPS) is 17.7. The Morgan fingerprint density at radius 3 is 2.81 bits per heavy atom. The number of methoxy groups -OCH3 is 1. The minimum absolute atomic E-state index is 0.109. The van der Waals surface area contributed by atoms with E-state index >= 15 is 0 Å². The molecule has 1 saturated heterocycles. The topological polar surface area (TPSA) is 29.5 Å². The van der Waals surface area contributed by atoms with Crippen LogP contribution in [0.4, 0.5) is 4.39 Å². The van der Waals surface area contributed by atoms with E-state index in [0.29, 0.717) is 19.5 Å². The summed E-state index contributed by atoms with van der Waals surface area (Å²) in [6.07, 6.45) is 1.17. The van der Waals surface area contributed by atoms with Crippen LogP contribution in [-0.4, -0.2) is 36.8 Å². The molecule has 1 heterocycles. The zero-order valence-electron chi connectivity index (χ0n) is 15.2. The zero-order valence-corrected chi connectivity index (χ0v) is 16.0. The Hall–Kier alpha value is -2.01. The first kappa shape index (κ1) is 18.8. The molecule has 0 spiro atoms. The van der Waals surface area contributed by atoms with E-state index in [0.717, 1.165) is 34.6 Å². The first-order chi connectivity index (χ1) is 12.6. The average molecular weight is 373 g/mol. The lowest BCUT2D eigenvalue weighted by Gasteiger charge is -2.21. The van der Waals surface area contributed by atoms with Gasteiger partial charge < -0.3 is 9.64 Å². The van der Waals surface area contributed by atoms with Crippen LogP contribution >= 0.6 is 11.8 Å². The van der Waals surface area contributed by atoms with Gasteiger partial charge in [-0.05, 0) is 36.6 Å². The fourth-order valence-electron chi connectivity index (χ4n) is 3.34. The van der Waals surface area contributed by atoms with Crippen LogP contribution < -0.4 is 4.74 Å². The summed E-state index contributed by atoms with van der Waals surface area (Å²) in [6.45, 7) is 3.36. The minimum Gasteiger partial charge on any atom is -0.496 e. The molecule has 3 nitrogen and oxygen atoms in total. The molecule has 26 heavy (non-hydrogen) atoms. The van der Waals surface area contributed by atoms with Crippen molar-refractivity contribution in [2.45, 2.75) is 25.0 Å². The molecule has 1 aliphatic heterocycles. The van der Waals surface area contributed by atoms with E-state index in [1.807, 2.05) is 42.2 Å². The van der Waals surface area contributed by atoms with Crippen molar-refractivity contribution in [3.8, 4) is 5.75 Å². The molecule has 3 rings (SSSR count). The van der Waals surface area contributed by atoms with Crippen molar-refractivity contribution in [3.63, 3.8) is 0 Å². The molecule has 0 N–H and O–H groups in total. The third-order valence-corrected chi connectivity index (χ3v) is 6.07. The molecule has 0 bridgehead atoms. The fraction of sp³-hybridized carbons (Fsp3) is 0.381. The fourth-order valence-corrected chi connectivity index (χ4v) is 4.59. The Balaban J connectivity index is 1.62. The van der Waals surface area contributed by atoms with Crippen LogP contribution in [0.5, 0.6) is 5.75 Å². The zero-order chi connectivity index (χ0) is 18.5. The van der Waals surface area contributed by atoms with Gasteiger partial charge in [-0.25, -0.2) is 4.39 Å². The minimum atomic E-state index is -0.154. The van der Waals surface area contributed by atoms with Crippen LogP contribution in [-0.2, 0) is 11.2 Å². The van der Waals surface area contributed by atoms with Gasteiger partial charge in [0.2, 0.25) is 5.91 Å². The second-order valence-corrected chi connectivity index (χ2v) is 7.84. The number of thioether (sulfide) groups is 1. The second-order valence-electron chi connectivity index (χ2n) is 6.53. The van der Waals surface area contributed by atoms with Crippen LogP contribution in [0.1, 0.15) is 28.4 Å². The van der Waals surface area contributed by atoms with Crippen molar-refractivity contribution in [1.29, 1.82) is 0 Å². The predicted octanol–water partition coefficient (Wildman–Crippen LogP) is 4.39. The summed E-state index contributed by atoms with van der Waals surface area (Å²) in [5.41, 5.74) is 2.78. The molecular formula is C21H24FNO2S. The Bertz CT molecular complexity index is 780.